The van der Waals surface area contributed by atoms with Crippen molar-refractivity contribution in [1.29, 1.82) is 5.26 Å². The van der Waals surface area contributed by atoms with E-state index in [9.17, 15) is 9.59 Å². The van der Waals surface area contributed by atoms with Crippen LogP contribution >= 0.6 is 11.6 Å². The van der Waals surface area contributed by atoms with E-state index in [0.29, 0.717) is 16.3 Å². The first-order chi connectivity index (χ1) is 10.3. The standard InChI is InChI=1S/C16H14ClN3O2/c1-16(2,20-10-12(17)6-7-14(20)21)15(22)19-13-5-3-4-11(8-13)9-18/h3-8,10H,1-2H3,(H,19,22). The van der Waals surface area contributed by atoms with Gasteiger partial charge in [0.25, 0.3) is 5.56 Å². The minimum Gasteiger partial charge on any atom is -0.324 e. The van der Waals surface area contributed by atoms with Crippen LogP contribution < -0.4 is 10.9 Å². The molecule has 0 aliphatic carbocycles. The van der Waals surface area contributed by atoms with Gasteiger partial charge in [-0.15, -0.1) is 0 Å². The lowest BCUT2D eigenvalue weighted by atomic mass is 10.0. The number of amides is 1. The number of nitriles is 1. The summed E-state index contributed by atoms with van der Waals surface area (Å²) in [5, 5.41) is 12.0. The lowest BCUT2D eigenvalue weighted by Crippen LogP contribution is -2.45. The number of hydrogen-bond donors (Lipinski definition) is 1. The third-order valence-corrected chi connectivity index (χ3v) is 3.51. The number of carbonyl (C=O) groups excluding carboxylic acids is 1. The molecule has 1 aromatic heterocycles. The van der Waals surface area contributed by atoms with Crippen LogP contribution in [0.25, 0.3) is 0 Å². The lowest BCUT2D eigenvalue weighted by molar-refractivity contribution is -0.123. The molecule has 0 aliphatic rings. The molecule has 1 amide bonds. The van der Waals surface area contributed by atoms with Crippen LogP contribution in [0.4, 0.5) is 5.69 Å². The van der Waals surface area contributed by atoms with Gasteiger partial charge in [-0.3, -0.25) is 14.2 Å². The maximum atomic E-state index is 12.5. The van der Waals surface area contributed by atoms with Crippen molar-refractivity contribution in [3.05, 3.63) is 63.5 Å². The molecule has 0 radical (unpaired) electrons. The van der Waals surface area contributed by atoms with Crippen LogP contribution in [0.3, 0.4) is 0 Å². The van der Waals surface area contributed by atoms with Crippen molar-refractivity contribution >= 4 is 23.2 Å². The summed E-state index contributed by atoms with van der Waals surface area (Å²) in [4.78, 5) is 24.5. The second-order valence-corrected chi connectivity index (χ2v) is 5.70. The number of benzene rings is 1. The molecule has 0 fully saturated rings. The van der Waals surface area contributed by atoms with Gasteiger partial charge in [0.2, 0.25) is 5.91 Å². The van der Waals surface area contributed by atoms with Crippen molar-refractivity contribution in [2.24, 2.45) is 0 Å². The molecule has 5 nitrogen and oxygen atoms in total. The van der Waals surface area contributed by atoms with E-state index in [1.807, 2.05) is 6.07 Å². The number of nitrogens with one attached hydrogen (secondary N) is 1. The largest absolute Gasteiger partial charge is 0.324 e. The first kappa shape index (κ1) is 15.8. The van der Waals surface area contributed by atoms with Gasteiger partial charge < -0.3 is 5.32 Å². The van der Waals surface area contributed by atoms with Gasteiger partial charge in [0.05, 0.1) is 16.7 Å². The van der Waals surface area contributed by atoms with E-state index < -0.39 is 5.54 Å². The first-order valence-corrected chi connectivity index (χ1v) is 6.92. The molecule has 0 bridgehead atoms. The minimum absolute atomic E-state index is 0.324. The molecule has 1 heterocycles. The maximum absolute atomic E-state index is 12.5. The van der Waals surface area contributed by atoms with Crippen LogP contribution in [-0.2, 0) is 10.3 Å². The van der Waals surface area contributed by atoms with E-state index in [2.05, 4.69) is 5.32 Å². The molecule has 0 unspecified atom stereocenters. The Kier molecular flexibility index (Phi) is 4.34. The molecule has 0 saturated carbocycles. The summed E-state index contributed by atoms with van der Waals surface area (Å²) in [6, 6.07) is 11.3. The molecule has 0 spiro atoms. The lowest BCUT2D eigenvalue weighted by Gasteiger charge is -2.26. The number of rotatable bonds is 3. The fraction of sp³-hybridized carbons (Fsp3) is 0.188. The number of carbonyl (C=O) groups is 1. The molecule has 0 saturated heterocycles. The minimum atomic E-state index is -1.13. The van der Waals surface area contributed by atoms with Crippen molar-refractivity contribution in [1.82, 2.24) is 4.57 Å². The van der Waals surface area contributed by atoms with Crippen LogP contribution in [-0.4, -0.2) is 10.5 Å². The Morgan fingerprint density at radius 1 is 1.32 bits per heavy atom. The second kappa shape index (κ2) is 6.04. The van der Waals surface area contributed by atoms with E-state index >= 15 is 0 Å². The van der Waals surface area contributed by atoms with Gasteiger partial charge in [-0.05, 0) is 38.1 Å². The van der Waals surface area contributed by atoms with E-state index in [1.165, 1.54) is 22.9 Å². The van der Waals surface area contributed by atoms with Gasteiger partial charge in [0.1, 0.15) is 5.54 Å². The average Bonchev–Trinajstić information content (AvgIpc) is 2.49. The number of halogens is 1. The fourth-order valence-corrected chi connectivity index (χ4v) is 2.12. The summed E-state index contributed by atoms with van der Waals surface area (Å²) in [6.45, 7) is 3.24. The summed E-state index contributed by atoms with van der Waals surface area (Å²) in [6.07, 6.45) is 1.43. The molecular formula is C16H14ClN3O2. The summed E-state index contributed by atoms with van der Waals surface area (Å²) in [5.41, 5.74) is -0.525. The van der Waals surface area contributed by atoms with Gasteiger partial charge in [-0.2, -0.15) is 5.26 Å². The van der Waals surface area contributed by atoms with Crippen LogP contribution in [0.5, 0.6) is 0 Å². The number of hydrogen-bond acceptors (Lipinski definition) is 3. The smallest absolute Gasteiger partial charge is 0.251 e. The first-order valence-electron chi connectivity index (χ1n) is 6.55. The molecule has 6 heteroatoms. The maximum Gasteiger partial charge on any atom is 0.251 e. The predicted molar refractivity (Wildman–Crippen MR) is 84.8 cm³/mol. The zero-order valence-electron chi connectivity index (χ0n) is 12.1. The van der Waals surface area contributed by atoms with Crippen molar-refractivity contribution < 1.29 is 4.79 Å². The predicted octanol–water partition coefficient (Wildman–Crippen LogP) is 2.75. The van der Waals surface area contributed by atoms with E-state index in [-0.39, 0.29) is 11.5 Å². The van der Waals surface area contributed by atoms with Crippen molar-refractivity contribution in [3.8, 4) is 6.07 Å². The summed E-state index contributed by atoms with van der Waals surface area (Å²) in [7, 11) is 0. The Morgan fingerprint density at radius 2 is 2.05 bits per heavy atom. The number of aromatic nitrogens is 1. The molecule has 2 rings (SSSR count). The molecule has 1 N–H and O–H groups in total. The number of anilines is 1. The van der Waals surface area contributed by atoms with Crippen LogP contribution in [0.1, 0.15) is 19.4 Å². The number of nitrogens with zero attached hydrogens (tertiary/aromatic N) is 2. The Morgan fingerprint density at radius 3 is 2.73 bits per heavy atom. The molecule has 112 valence electrons. The van der Waals surface area contributed by atoms with Crippen molar-refractivity contribution in [2.75, 3.05) is 5.32 Å². The molecule has 22 heavy (non-hydrogen) atoms. The quantitative estimate of drug-likeness (QED) is 0.946. The number of pyridine rings is 1. The Labute approximate surface area is 132 Å². The van der Waals surface area contributed by atoms with E-state index in [1.54, 1.807) is 38.1 Å². The summed E-state index contributed by atoms with van der Waals surface area (Å²) in [5.74, 6) is -0.382. The van der Waals surface area contributed by atoms with Gasteiger partial charge in [0, 0.05) is 18.0 Å². The Balaban J connectivity index is 2.33. The molecule has 0 atom stereocenters. The highest BCUT2D eigenvalue weighted by Gasteiger charge is 2.30. The van der Waals surface area contributed by atoms with Gasteiger partial charge in [0.15, 0.2) is 0 Å². The van der Waals surface area contributed by atoms with Gasteiger partial charge in [-0.1, -0.05) is 17.7 Å². The van der Waals surface area contributed by atoms with Crippen LogP contribution in [0.2, 0.25) is 5.02 Å². The van der Waals surface area contributed by atoms with Crippen LogP contribution in [0, 0.1) is 11.3 Å². The third-order valence-electron chi connectivity index (χ3n) is 3.28. The SMILES string of the molecule is CC(C)(C(=O)Nc1cccc(C#N)c1)n1cc(Cl)ccc1=O. The normalized spacial score (nSPS) is 10.8. The highest BCUT2D eigenvalue weighted by atomic mass is 35.5. The van der Waals surface area contributed by atoms with Crippen LogP contribution in [0.15, 0.2) is 47.4 Å². The zero-order chi connectivity index (χ0) is 16.3. The summed E-state index contributed by atoms with van der Waals surface area (Å²) < 4.78 is 1.28. The summed E-state index contributed by atoms with van der Waals surface area (Å²) >= 11 is 5.90. The van der Waals surface area contributed by atoms with Crippen molar-refractivity contribution in [2.45, 2.75) is 19.4 Å². The molecule has 1 aromatic carbocycles. The Hall–Kier alpha value is -2.58. The third kappa shape index (κ3) is 3.18. The second-order valence-electron chi connectivity index (χ2n) is 5.26. The highest BCUT2D eigenvalue weighted by Crippen LogP contribution is 2.19. The van der Waals surface area contributed by atoms with Gasteiger partial charge >= 0.3 is 0 Å². The van der Waals surface area contributed by atoms with E-state index in [4.69, 9.17) is 16.9 Å². The monoisotopic (exact) mass is 315 g/mol. The fourth-order valence-electron chi connectivity index (χ4n) is 1.96. The zero-order valence-corrected chi connectivity index (χ0v) is 12.9. The van der Waals surface area contributed by atoms with Crippen molar-refractivity contribution in [3.63, 3.8) is 0 Å². The van der Waals surface area contributed by atoms with Gasteiger partial charge in [-0.25, -0.2) is 0 Å². The molecule has 2 aromatic rings. The Bertz CT molecular complexity index is 819. The molecule has 0 aliphatic heterocycles. The molecular weight excluding hydrogens is 302 g/mol. The average molecular weight is 316 g/mol. The van der Waals surface area contributed by atoms with E-state index in [0.717, 1.165) is 0 Å². The highest BCUT2D eigenvalue weighted by molar-refractivity contribution is 6.30. The topological polar surface area (TPSA) is 74.9 Å².